The third-order valence-corrected chi connectivity index (χ3v) is 4.85. The molecule has 0 saturated heterocycles. The first kappa shape index (κ1) is 15.9. The summed E-state index contributed by atoms with van der Waals surface area (Å²) >= 11 is 7.04. The van der Waals surface area contributed by atoms with Gasteiger partial charge in [-0.3, -0.25) is 9.59 Å². The number of aliphatic imine (C=N–C) groups is 1. The Kier molecular flexibility index (Phi) is 4.59. The SMILES string of the molecule is CCCC1=CC(=O)NC2=CC(=NC(=O)c3ccc(Cl)s3)C=CC12. The minimum Gasteiger partial charge on any atom is -0.325 e. The number of thiophene rings is 1. The summed E-state index contributed by atoms with van der Waals surface area (Å²) in [6.07, 6.45) is 9.08. The summed E-state index contributed by atoms with van der Waals surface area (Å²) in [5.41, 5.74) is 2.40. The molecule has 2 heterocycles. The first-order valence-electron chi connectivity index (χ1n) is 7.36. The molecule has 1 N–H and O–H groups in total. The molecule has 1 aliphatic carbocycles. The summed E-state index contributed by atoms with van der Waals surface area (Å²) in [5, 5.41) is 2.84. The largest absolute Gasteiger partial charge is 0.325 e. The molecule has 0 aromatic carbocycles. The molecule has 3 rings (SSSR count). The van der Waals surface area contributed by atoms with Crippen molar-refractivity contribution in [2.45, 2.75) is 19.8 Å². The molecule has 0 fully saturated rings. The van der Waals surface area contributed by atoms with Gasteiger partial charge in [0.1, 0.15) is 0 Å². The Morgan fingerprint density at radius 1 is 1.39 bits per heavy atom. The predicted molar refractivity (Wildman–Crippen MR) is 92.9 cm³/mol. The zero-order valence-corrected chi connectivity index (χ0v) is 14.1. The van der Waals surface area contributed by atoms with Gasteiger partial charge in [0.2, 0.25) is 5.91 Å². The molecule has 1 aromatic rings. The summed E-state index contributed by atoms with van der Waals surface area (Å²) in [5.74, 6) is -0.386. The number of amides is 2. The summed E-state index contributed by atoms with van der Waals surface area (Å²) in [7, 11) is 0. The van der Waals surface area contributed by atoms with E-state index in [1.54, 1.807) is 24.3 Å². The normalized spacial score (nSPS) is 21.6. The van der Waals surface area contributed by atoms with Crippen molar-refractivity contribution in [2.75, 3.05) is 0 Å². The molecule has 1 unspecified atom stereocenters. The lowest BCUT2D eigenvalue weighted by Crippen LogP contribution is -2.33. The van der Waals surface area contributed by atoms with Crippen LogP contribution < -0.4 is 5.32 Å². The van der Waals surface area contributed by atoms with Crippen LogP contribution in [0.3, 0.4) is 0 Å². The van der Waals surface area contributed by atoms with Crippen molar-refractivity contribution in [3.8, 4) is 0 Å². The van der Waals surface area contributed by atoms with Crippen LogP contribution in [0.5, 0.6) is 0 Å². The first-order valence-corrected chi connectivity index (χ1v) is 8.56. The molecule has 0 radical (unpaired) electrons. The fourth-order valence-corrected chi connectivity index (χ4v) is 3.58. The van der Waals surface area contributed by atoms with Crippen molar-refractivity contribution in [3.63, 3.8) is 0 Å². The first-order chi connectivity index (χ1) is 11.1. The number of allylic oxidation sites excluding steroid dienone is 3. The molecule has 1 aromatic heterocycles. The second-order valence-electron chi connectivity index (χ2n) is 5.34. The van der Waals surface area contributed by atoms with Crippen molar-refractivity contribution in [1.29, 1.82) is 0 Å². The number of carbonyl (C=O) groups is 2. The Labute approximate surface area is 143 Å². The maximum atomic E-state index is 12.1. The minimum atomic E-state index is -0.330. The summed E-state index contributed by atoms with van der Waals surface area (Å²) in [6, 6.07) is 3.33. The van der Waals surface area contributed by atoms with Crippen molar-refractivity contribution >= 4 is 40.5 Å². The van der Waals surface area contributed by atoms with E-state index in [0.29, 0.717) is 14.9 Å². The highest BCUT2D eigenvalue weighted by Gasteiger charge is 2.25. The number of nitrogens with zero attached hydrogens (tertiary/aromatic N) is 1. The minimum absolute atomic E-state index is 0.0675. The molecule has 23 heavy (non-hydrogen) atoms. The highest BCUT2D eigenvalue weighted by atomic mass is 35.5. The fourth-order valence-electron chi connectivity index (χ4n) is 2.66. The maximum absolute atomic E-state index is 12.1. The van der Waals surface area contributed by atoms with Gasteiger partial charge in [0.15, 0.2) is 0 Å². The molecule has 6 heteroatoms. The third-order valence-electron chi connectivity index (χ3n) is 3.63. The third kappa shape index (κ3) is 3.51. The van der Waals surface area contributed by atoms with Gasteiger partial charge in [-0.05, 0) is 30.7 Å². The van der Waals surface area contributed by atoms with Gasteiger partial charge >= 0.3 is 0 Å². The van der Waals surface area contributed by atoms with Crippen LogP contribution in [0.2, 0.25) is 4.34 Å². The average Bonchev–Trinajstić information content (AvgIpc) is 2.94. The van der Waals surface area contributed by atoms with Crippen molar-refractivity contribution in [2.24, 2.45) is 10.9 Å². The highest BCUT2D eigenvalue weighted by molar-refractivity contribution is 7.18. The van der Waals surface area contributed by atoms with Crippen LogP contribution in [0.4, 0.5) is 0 Å². The molecule has 2 amide bonds. The molecule has 1 aliphatic heterocycles. The van der Waals surface area contributed by atoms with Gasteiger partial charge in [-0.2, -0.15) is 0 Å². The Morgan fingerprint density at radius 3 is 2.91 bits per heavy atom. The number of nitrogens with one attached hydrogen (secondary N) is 1. The van der Waals surface area contributed by atoms with Crippen LogP contribution >= 0.6 is 22.9 Å². The van der Waals surface area contributed by atoms with Crippen LogP contribution in [-0.2, 0) is 4.79 Å². The summed E-state index contributed by atoms with van der Waals surface area (Å²) in [4.78, 5) is 28.5. The van der Waals surface area contributed by atoms with E-state index in [-0.39, 0.29) is 17.7 Å². The van der Waals surface area contributed by atoms with E-state index in [2.05, 4.69) is 17.2 Å². The summed E-state index contributed by atoms with van der Waals surface area (Å²) in [6.45, 7) is 2.08. The van der Waals surface area contributed by atoms with Crippen molar-refractivity contribution in [1.82, 2.24) is 5.32 Å². The zero-order chi connectivity index (χ0) is 16.4. The van der Waals surface area contributed by atoms with Crippen molar-refractivity contribution < 1.29 is 9.59 Å². The monoisotopic (exact) mass is 346 g/mol. The van der Waals surface area contributed by atoms with Crippen molar-refractivity contribution in [3.05, 3.63) is 56.9 Å². The zero-order valence-electron chi connectivity index (χ0n) is 12.5. The van der Waals surface area contributed by atoms with E-state index in [9.17, 15) is 9.59 Å². The Balaban J connectivity index is 1.85. The molecule has 1 atom stereocenters. The van der Waals surface area contributed by atoms with Crippen LogP contribution in [0.15, 0.2) is 52.7 Å². The Hall–Kier alpha value is -1.98. The lowest BCUT2D eigenvalue weighted by molar-refractivity contribution is -0.116. The Morgan fingerprint density at radius 2 is 2.22 bits per heavy atom. The Bertz CT molecular complexity index is 786. The molecular formula is C17H15ClN2O2S. The van der Waals surface area contributed by atoms with Crippen LogP contribution in [0, 0.1) is 5.92 Å². The van der Waals surface area contributed by atoms with Gasteiger partial charge < -0.3 is 5.32 Å². The van der Waals surface area contributed by atoms with E-state index in [1.807, 2.05) is 12.2 Å². The lowest BCUT2D eigenvalue weighted by atomic mass is 9.85. The number of hydrogen-bond acceptors (Lipinski definition) is 3. The maximum Gasteiger partial charge on any atom is 0.287 e. The number of hydrogen-bond donors (Lipinski definition) is 1. The second-order valence-corrected chi connectivity index (χ2v) is 7.06. The fraction of sp³-hybridized carbons (Fsp3) is 0.235. The quantitative estimate of drug-likeness (QED) is 0.902. The molecular weight excluding hydrogens is 332 g/mol. The smallest absolute Gasteiger partial charge is 0.287 e. The van der Waals surface area contributed by atoms with Gasteiger partial charge in [-0.25, -0.2) is 4.99 Å². The van der Waals surface area contributed by atoms with E-state index >= 15 is 0 Å². The molecule has 4 nitrogen and oxygen atoms in total. The number of halogens is 1. The number of fused-ring (bicyclic) bond motifs is 1. The van der Waals surface area contributed by atoms with E-state index in [4.69, 9.17) is 11.6 Å². The highest BCUT2D eigenvalue weighted by Crippen LogP contribution is 2.30. The average molecular weight is 347 g/mol. The predicted octanol–water partition coefficient (Wildman–Crippen LogP) is 3.91. The van der Waals surface area contributed by atoms with Gasteiger partial charge in [-0.1, -0.05) is 36.6 Å². The van der Waals surface area contributed by atoms with E-state index in [1.165, 1.54) is 11.3 Å². The molecule has 118 valence electrons. The van der Waals surface area contributed by atoms with Gasteiger partial charge in [0.05, 0.1) is 14.9 Å². The molecule has 0 saturated carbocycles. The van der Waals surface area contributed by atoms with Crippen LogP contribution in [0.1, 0.15) is 29.4 Å². The number of carbonyl (C=O) groups excluding carboxylic acids is 2. The molecule has 2 aliphatic rings. The second kappa shape index (κ2) is 6.64. The van der Waals surface area contributed by atoms with Gasteiger partial charge in [-0.15, -0.1) is 11.3 Å². The topological polar surface area (TPSA) is 58.5 Å². The molecule has 0 spiro atoms. The van der Waals surface area contributed by atoms with Gasteiger partial charge in [0.25, 0.3) is 5.91 Å². The van der Waals surface area contributed by atoms with Gasteiger partial charge in [0, 0.05) is 17.7 Å². The molecule has 0 bridgehead atoms. The summed E-state index contributed by atoms with van der Waals surface area (Å²) < 4.78 is 0.556. The van der Waals surface area contributed by atoms with E-state index < -0.39 is 0 Å². The number of rotatable bonds is 3. The van der Waals surface area contributed by atoms with E-state index in [0.717, 1.165) is 24.1 Å². The standard InChI is InChI=1S/C17H15ClN2O2S/c1-2-3-10-8-16(21)20-13-9-11(4-5-12(10)13)19-17(22)14-6-7-15(18)23-14/h4-9,12H,2-3H2,1H3,(H,20,21). The lowest BCUT2D eigenvalue weighted by Gasteiger charge is -2.27. The van der Waals surface area contributed by atoms with Crippen LogP contribution in [0.25, 0.3) is 0 Å². The van der Waals surface area contributed by atoms with Crippen LogP contribution in [-0.4, -0.2) is 17.5 Å².